The topological polar surface area (TPSA) is 15.6 Å². The van der Waals surface area contributed by atoms with E-state index in [1.807, 2.05) is 0 Å². The van der Waals surface area contributed by atoms with Crippen molar-refractivity contribution in [3.05, 3.63) is 0 Å². The second-order valence-electron chi connectivity index (χ2n) is 3.10. The Balaban J connectivity index is 2.03. The maximum absolute atomic E-state index is 4.37. The molecule has 64 valence electrons. The van der Waals surface area contributed by atoms with Gasteiger partial charge in [-0.05, 0) is 25.7 Å². The predicted molar refractivity (Wildman–Crippen MR) is 48.8 cm³/mol. The fraction of sp³-hybridized carbons (Fsp3) is 0.889. The fourth-order valence-corrected chi connectivity index (χ4v) is 1.28. The van der Waals surface area contributed by atoms with Gasteiger partial charge in [0.15, 0.2) is 0 Å². The minimum Gasteiger partial charge on any atom is -0.297 e. The van der Waals surface area contributed by atoms with Gasteiger partial charge in [-0.1, -0.05) is 13.3 Å². The van der Waals surface area contributed by atoms with E-state index in [1.165, 1.54) is 38.8 Å². The molecule has 0 aromatic rings. The van der Waals surface area contributed by atoms with E-state index in [-0.39, 0.29) is 0 Å². The molecule has 0 spiro atoms. The number of nitrogens with zero attached hydrogens (tertiary/aromatic N) is 2. The summed E-state index contributed by atoms with van der Waals surface area (Å²) in [5, 5.41) is 6.55. The average molecular weight is 154 g/mol. The number of unbranched alkanes of at least 4 members (excludes halogenated alkanes) is 2. The van der Waals surface area contributed by atoms with E-state index in [0.29, 0.717) is 0 Å². The monoisotopic (exact) mass is 154 g/mol. The molecule has 2 heteroatoms. The van der Waals surface area contributed by atoms with Crippen molar-refractivity contribution in [3.63, 3.8) is 0 Å². The Hall–Kier alpha value is -0.530. The molecule has 0 aromatic carbocycles. The second kappa shape index (κ2) is 5.16. The lowest BCUT2D eigenvalue weighted by Gasteiger charge is -2.08. The molecule has 0 N–H and O–H groups in total. The SMILES string of the molecule is CCCC/C=N/N1CCCC1. The first-order chi connectivity index (χ1) is 5.43. The van der Waals surface area contributed by atoms with Crippen LogP contribution in [-0.2, 0) is 0 Å². The molecule has 0 atom stereocenters. The lowest BCUT2D eigenvalue weighted by molar-refractivity contribution is 0.361. The molecule has 0 unspecified atom stereocenters. The Morgan fingerprint density at radius 3 is 2.73 bits per heavy atom. The minimum absolute atomic E-state index is 1.15. The van der Waals surface area contributed by atoms with Gasteiger partial charge in [0.1, 0.15) is 0 Å². The third kappa shape index (κ3) is 3.40. The summed E-state index contributed by atoms with van der Waals surface area (Å²) >= 11 is 0. The molecule has 1 rings (SSSR count). The van der Waals surface area contributed by atoms with E-state index in [4.69, 9.17) is 0 Å². The molecule has 0 aliphatic carbocycles. The Labute approximate surface area is 69.3 Å². The van der Waals surface area contributed by atoms with Gasteiger partial charge in [-0.25, -0.2) is 0 Å². The van der Waals surface area contributed by atoms with Crippen LogP contribution in [0.4, 0.5) is 0 Å². The van der Waals surface area contributed by atoms with Gasteiger partial charge in [-0.15, -0.1) is 0 Å². The summed E-state index contributed by atoms with van der Waals surface area (Å²) in [5.74, 6) is 0. The Bertz CT molecular complexity index is 115. The molecule has 0 amide bonds. The highest BCUT2D eigenvalue weighted by Crippen LogP contribution is 2.06. The summed E-state index contributed by atoms with van der Waals surface area (Å²) in [7, 11) is 0. The van der Waals surface area contributed by atoms with Crippen molar-refractivity contribution in [2.75, 3.05) is 13.1 Å². The van der Waals surface area contributed by atoms with Crippen LogP contribution >= 0.6 is 0 Å². The summed E-state index contributed by atoms with van der Waals surface area (Å²) in [6, 6.07) is 0. The van der Waals surface area contributed by atoms with Gasteiger partial charge >= 0.3 is 0 Å². The molecule has 0 saturated carbocycles. The molecule has 1 fully saturated rings. The maximum atomic E-state index is 4.37. The molecule has 11 heavy (non-hydrogen) atoms. The molecule has 0 radical (unpaired) electrons. The van der Waals surface area contributed by atoms with Crippen LogP contribution in [0, 0.1) is 0 Å². The number of hydrazone groups is 1. The number of hydrogen-bond donors (Lipinski definition) is 0. The lowest BCUT2D eigenvalue weighted by Crippen LogP contribution is -2.10. The van der Waals surface area contributed by atoms with Crippen LogP contribution in [0.1, 0.15) is 39.0 Å². The van der Waals surface area contributed by atoms with Crippen LogP contribution < -0.4 is 0 Å². The number of hydrogen-bond acceptors (Lipinski definition) is 2. The van der Waals surface area contributed by atoms with Crippen LogP contribution in [0.15, 0.2) is 5.10 Å². The summed E-state index contributed by atoms with van der Waals surface area (Å²) < 4.78 is 0. The number of rotatable bonds is 4. The van der Waals surface area contributed by atoms with Gasteiger partial charge in [-0.2, -0.15) is 5.10 Å². The Kier molecular flexibility index (Phi) is 4.02. The maximum Gasteiger partial charge on any atom is 0.0360 e. The van der Waals surface area contributed by atoms with E-state index in [0.717, 1.165) is 6.42 Å². The summed E-state index contributed by atoms with van der Waals surface area (Å²) in [6.45, 7) is 4.55. The molecule has 0 bridgehead atoms. The summed E-state index contributed by atoms with van der Waals surface area (Å²) in [4.78, 5) is 0. The molecule has 2 nitrogen and oxygen atoms in total. The van der Waals surface area contributed by atoms with Crippen LogP contribution in [0.5, 0.6) is 0 Å². The summed E-state index contributed by atoms with van der Waals surface area (Å²) in [6.07, 6.45) is 8.40. The molecule has 0 aromatic heterocycles. The first-order valence-corrected chi connectivity index (χ1v) is 4.71. The van der Waals surface area contributed by atoms with E-state index in [1.54, 1.807) is 0 Å². The predicted octanol–water partition coefficient (Wildman–Crippen LogP) is 2.26. The molecular formula is C9H18N2. The van der Waals surface area contributed by atoms with Crippen molar-refractivity contribution >= 4 is 6.21 Å². The van der Waals surface area contributed by atoms with Crippen molar-refractivity contribution in [1.29, 1.82) is 0 Å². The van der Waals surface area contributed by atoms with Crippen molar-refractivity contribution in [3.8, 4) is 0 Å². The molecule has 1 heterocycles. The second-order valence-corrected chi connectivity index (χ2v) is 3.10. The lowest BCUT2D eigenvalue weighted by atomic mass is 10.3. The van der Waals surface area contributed by atoms with Gasteiger partial charge in [0.2, 0.25) is 0 Å². The standard InChI is InChI=1S/C9H18N2/c1-2-3-4-7-10-11-8-5-6-9-11/h7H,2-6,8-9H2,1H3/b10-7+. The van der Waals surface area contributed by atoms with Gasteiger partial charge in [-0.3, -0.25) is 5.01 Å². The first-order valence-electron chi connectivity index (χ1n) is 4.71. The van der Waals surface area contributed by atoms with E-state index < -0.39 is 0 Å². The van der Waals surface area contributed by atoms with E-state index in [9.17, 15) is 0 Å². The highest BCUT2D eigenvalue weighted by molar-refractivity contribution is 5.56. The summed E-state index contributed by atoms with van der Waals surface area (Å²) in [5.41, 5.74) is 0. The van der Waals surface area contributed by atoms with Gasteiger partial charge in [0.05, 0.1) is 0 Å². The third-order valence-corrected chi connectivity index (χ3v) is 2.01. The molecular weight excluding hydrogens is 136 g/mol. The third-order valence-electron chi connectivity index (χ3n) is 2.01. The van der Waals surface area contributed by atoms with Crippen LogP contribution in [0.3, 0.4) is 0 Å². The van der Waals surface area contributed by atoms with E-state index in [2.05, 4.69) is 23.2 Å². The van der Waals surface area contributed by atoms with Crippen molar-refractivity contribution < 1.29 is 0 Å². The van der Waals surface area contributed by atoms with Crippen molar-refractivity contribution in [1.82, 2.24) is 5.01 Å². The normalized spacial score (nSPS) is 18.5. The quantitative estimate of drug-likeness (QED) is 0.448. The highest BCUT2D eigenvalue weighted by atomic mass is 15.5. The van der Waals surface area contributed by atoms with E-state index >= 15 is 0 Å². The first kappa shape index (κ1) is 8.57. The fourth-order valence-electron chi connectivity index (χ4n) is 1.28. The van der Waals surface area contributed by atoms with Gasteiger partial charge in [0.25, 0.3) is 0 Å². The smallest absolute Gasteiger partial charge is 0.0360 e. The van der Waals surface area contributed by atoms with Crippen molar-refractivity contribution in [2.24, 2.45) is 5.10 Å². The molecule has 1 aliphatic rings. The zero-order chi connectivity index (χ0) is 7.94. The van der Waals surface area contributed by atoms with Gasteiger partial charge in [0, 0.05) is 19.3 Å². The Morgan fingerprint density at radius 2 is 2.09 bits per heavy atom. The Morgan fingerprint density at radius 1 is 1.36 bits per heavy atom. The van der Waals surface area contributed by atoms with Crippen LogP contribution in [0.25, 0.3) is 0 Å². The zero-order valence-electron chi connectivity index (χ0n) is 7.42. The average Bonchev–Trinajstić information content (AvgIpc) is 2.50. The zero-order valence-corrected chi connectivity index (χ0v) is 7.42. The van der Waals surface area contributed by atoms with Gasteiger partial charge < -0.3 is 0 Å². The molecule has 1 saturated heterocycles. The largest absolute Gasteiger partial charge is 0.297 e. The van der Waals surface area contributed by atoms with Crippen LogP contribution in [0.2, 0.25) is 0 Å². The highest BCUT2D eigenvalue weighted by Gasteiger charge is 2.06. The molecule has 1 aliphatic heterocycles. The van der Waals surface area contributed by atoms with Crippen LogP contribution in [-0.4, -0.2) is 24.3 Å². The minimum atomic E-state index is 1.15. The van der Waals surface area contributed by atoms with Crippen molar-refractivity contribution in [2.45, 2.75) is 39.0 Å².